The molecule has 0 unspecified atom stereocenters. The van der Waals surface area contributed by atoms with Crippen molar-refractivity contribution in [3.63, 3.8) is 0 Å². The molecule has 0 bridgehead atoms. The lowest BCUT2D eigenvalue weighted by Crippen LogP contribution is -2.63. The van der Waals surface area contributed by atoms with Crippen LogP contribution in [0.1, 0.15) is 33.6 Å². The first-order valence-corrected chi connectivity index (χ1v) is 6.34. The smallest absolute Gasteiger partial charge is 0.408 e. The van der Waals surface area contributed by atoms with Crippen molar-refractivity contribution in [2.75, 3.05) is 7.11 Å². The van der Waals surface area contributed by atoms with E-state index in [1.165, 1.54) is 7.11 Å². The van der Waals surface area contributed by atoms with E-state index in [1.54, 1.807) is 20.8 Å². The minimum atomic E-state index is -0.939. The predicted molar refractivity (Wildman–Crippen MR) is 66.1 cm³/mol. The maximum Gasteiger partial charge on any atom is 0.408 e. The summed E-state index contributed by atoms with van der Waals surface area (Å²) in [5.41, 5.74) is -1.52. The molecule has 17 heavy (non-hydrogen) atoms. The Morgan fingerprint density at radius 1 is 1.35 bits per heavy atom. The molecule has 0 atom stereocenters. The Bertz CT molecular complexity index is 318. The van der Waals surface area contributed by atoms with E-state index in [0.29, 0.717) is 12.8 Å². The topological polar surface area (TPSA) is 64.6 Å². The van der Waals surface area contributed by atoms with Crippen LogP contribution in [0.3, 0.4) is 0 Å². The molecular formula is C11H18BrNO4. The van der Waals surface area contributed by atoms with Crippen LogP contribution in [0.4, 0.5) is 4.79 Å². The fourth-order valence-corrected chi connectivity index (χ4v) is 2.82. The number of methoxy groups -OCH3 is 1. The van der Waals surface area contributed by atoms with E-state index in [0.717, 1.165) is 0 Å². The summed E-state index contributed by atoms with van der Waals surface area (Å²) in [6.07, 6.45) is 0.431. The molecule has 1 aliphatic rings. The summed E-state index contributed by atoms with van der Waals surface area (Å²) in [6, 6.07) is 0. The van der Waals surface area contributed by atoms with Crippen LogP contribution in [0.2, 0.25) is 0 Å². The van der Waals surface area contributed by atoms with Crippen LogP contribution in [0, 0.1) is 0 Å². The molecule has 0 aromatic rings. The van der Waals surface area contributed by atoms with Crippen molar-refractivity contribution in [2.24, 2.45) is 0 Å². The number of halogens is 1. The lowest BCUT2D eigenvalue weighted by Gasteiger charge is -2.43. The first-order valence-electron chi connectivity index (χ1n) is 5.42. The van der Waals surface area contributed by atoms with E-state index in [9.17, 15) is 9.59 Å². The zero-order valence-corrected chi connectivity index (χ0v) is 12.1. The summed E-state index contributed by atoms with van der Waals surface area (Å²) in [5, 5.41) is 2.60. The first-order chi connectivity index (χ1) is 7.68. The molecule has 0 aromatic heterocycles. The van der Waals surface area contributed by atoms with E-state index in [1.807, 2.05) is 0 Å². The zero-order chi connectivity index (χ0) is 13.3. The number of carbonyl (C=O) groups is 2. The van der Waals surface area contributed by atoms with Crippen molar-refractivity contribution in [1.82, 2.24) is 5.32 Å². The number of hydrogen-bond donors (Lipinski definition) is 1. The Morgan fingerprint density at radius 2 is 1.88 bits per heavy atom. The van der Waals surface area contributed by atoms with Crippen LogP contribution in [-0.2, 0) is 14.3 Å². The highest BCUT2D eigenvalue weighted by molar-refractivity contribution is 9.09. The van der Waals surface area contributed by atoms with Crippen LogP contribution in [0.25, 0.3) is 0 Å². The molecule has 98 valence electrons. The van der Waals surface area contributed by atoms with Gasteiger partial charge in [-0.3, -0.25) is 0 Å². The number of amides is 1. The molecule has 0 spiro atoms. The van der Waals surface area contributed by atoms with E-state index >= 15 is 0 Å². The lowest BCUT2D eigenvalue weighted by molar-refractivity contribution is -0.152. The molecule has 0 radical (unpaired) electrons. The second kappa shape index (κ2) is 4.84. The average molecular weight is 308 g/mol. The Labute approximate surface area is 109 Å². The Hall–Kier alpha value is -0.780. The van der Waals surface area contributed by atoms with Gasteiger partial charge in [-0.05, 0) is 33.6 Å². The number of alkyl carbamates (subject to hydrolysis) is 1. The third kappa shape index (κ3) is 3.59. The third-order valence-electron chi connectivity index (χ3n) is 2.46. The van der Waals surface area contributed by atoms with Crippen LogP contribution in [-0.4, -0.2) is 35.1 Å². The molecule has 1 N–H and O–H groups in total. The van der Waals surface area contributed by atoms with Crippen molar-refractivity contribution in [3.8, 4) is 0 Å². The molecule has 1 amide bonds. The Morgan fingerprint density at radius 3 is 2.24 bits per heavy atom. The second-order valence-corrected chi connectivity index (χ2v) is 6.50. The fraction of sp³-hybridized carbons (Fsp3) is 0.818. The minimum Gasteiger partial charge on any atom is -0.467 e. The molecule has 0 saturated heterocycles. The van der Waals surface area contributed by atoms with Gasteiger partial charge in [0.15, 0.2) is 0 Å². The van der Waals surface area contributed by atoms with E-state index < -0.39 is 23.2 Å². The summed E-state index contributed by atoms with van der Waals surface area (Å²) < 4.78 is 9.83. The molecule has 1 saturated carbocycles. The van der Waals surface area contributed by atoms with Gasteiger partial charge in [0.05, 0.1) is 7.11 Å². The number of ether oxygens (including phenoxy) is 2. The van der Waals surface area contributed by atoms with Gasteiger partial charge in [-0.1, -0.05) is 15.9 Å². The molecule has 0 aliphatic heterocycles. The summed E-state index contributed by atoms with van der Waals surface area (Å²) in [4.78, 5) is 23.5. The van der Waals surface area contributed by atoms with Crippen molar-refractivity contribution < 1.29 is 19.1 Å². The lowest BCUT2D eigenvalue weighted by atomic mass is 9.76. The Balaban J connectivity index is 2.63. The molecule has 1 fully saturated rings. The van der Waals surface area contributed by atoms with Gasteiger partial charge >= 0.3 is 12.1 Å². The maximum atomic E-state index is 11.6. The standard InChI is InChI=1S/C11H18BrNO4/c1-10(2,3)17-9(15)13-11(8(14)16-4)5-7(12)6-11/h7H,5-6H2,1-4H3,(H,13,15). The molecule has 0 heterocycles. The molecule has 1 rings (SSSR count). The van der Waals surface area contributed by atoms with Gasteiger partial charge < -0.3 is 14.8 Å². The number of rotatable bonds is 2. The third-order valence-corrected chi connectivity index (χ3v) is 3.10. The normalized spacial score (nSPS) is 27.9. The Kier molecular flexibility index (Phi) is 4.06. The molecule has 6 heteroatoms. The van der Waals surface area contributed by atoms with Crippen LogP contribution in [0.15, 0.2) is 0 Å². The van der Waals surface area contributed by atoms with Crippen LogP contribution in [0.5, 0.6) is 0 Å². The van der Waals surface area contributed by atoms with Gasteiger partial charge in [-0.2, -0.15) is 0 Å². The SMILES string of the molecule is COC(=O)C1(NC(=O)OC(C)(C)C)CC(Br)C1. The summed E-state index contributed by atoms with van der Waals surface area (Å²) in [5.74, 6) is -0.431. The number of alkyl halides is 1. The summed E-state index contributed by atoms with van der Waals surface area (Å²) >= 11 is 3.38. The van der Waals surface area contributed by atoms with Gasteiger partial charge in [0, 0.05) is 4.83 Å². The number of carbonyl (C=O) groups excluding carboxylic acids is 2. The van der Waals surface area contributed by atoms with E-state index in [-0.39, 0.29) is 4.83 Å². The molecular weight excluding hydrogens is 290 g/mol. The fourth-order valence-electron chi connectivity index (χ4n) is 1.71. The number of hydrogen-bond acceptors (Lipinski definition) is 4. The molecule has 5 nitrogen and oxygen atoms in total. The van der Waals surface area contributed by atoms with Crippen LogP contribution >= 0.6 is 15.9 Å². The van der Waals surface area contributed by atoms with Gasteiger partial charge in [0.1, 0.15) is 11.1 Å². The van der Waals surface area contributed by atoms with Gasteiger partial charge in [-0.25, -0.2) is 9.59 Å². The highest BCUT2D eigenvalue weighted by atomic mass is 79.9. The summed E-state index contributed by atoms with van der Waals surface area (Å²) in [7, 11) is 1.31. The van der Waals surface area contributed by atoms with Gasteiger partial charge in [0.2, 0.25) is 0 Å². The highest BCUT2D eigenvalue weighted by Gasteiger charge is 2.52. The van der Waals surface area contributed by atoms with Crippen molar-refractivity contribution >= 4 is 28.0 Å². The zero-order valence-electron chi connectivity index (χ0n) is 10.5. The van der Waals surface area contributed by atoms with E-state index in [2.05, 4.69) is 21.2 Å². The highest BCUT2D eigenvalue weighted by Crippen LogP contribution is 2.38. The quantitative estimate of drug-likeness (QED) is 0.626. The second-order valence-electron chi connectivity index (χ2n) is 5.21. The first kappa shape index (κ1) is 14.3. The van der Waals surface area contributed by atoms with Gasteiger partial charge in [-0.15, -0.1) is 0 Å². The van der Waals surface area contributed by atoms with E-state index in [4.69, 9.17) is 9.47 Å². The average Bonchev–Trinajstić information content (AvgIpc) is 2.10. The molecule has 1 aliphatic carbocycles. The maximum absolute atomic E-state index is 11.6. The monoisotopic (exact) mass is 307 g/mol. The summed E-state index contributed by atoms with van der Waals surface area (Å²) in [6.45, 7) is 5.31. The number of nitrogens with one attached hydrogen (secondary N) is 1. The minimum absolute atomic E-state index is 0.219. The van der Waals surface area contributed by atoms with Crippen molar-refractivity contribution in [1.29, 1.82) is 0 Å². The number of esters is 1. The van der Waals surface area contributed by atoms with Crippen molar-refractivity contribution in [3.05, 3.63) is 0 Å². The predicted octanol–water partition coefficient (Wildman–Crippen LogP) is 1.98. The molecule has 0 aromatic carbocycles. The van der Waals surface area contributed by atoms with Gasteiger partial charge in [0.25, 0.3) is 0 Å². The van der Waals surface area contributed by atoms with Crippen molar-refractivity contribution in [2.45, 2.75) is 49.6 Å². The largest absolute Gasteiger partial charge is 0.467 e. The van der Waals surface area contributed by atoms with Crippen LogP contribution < -0.4 is 5.32 Å².